The van der Waals surface area contributed by atoms with E-state index in [4.69, 9.17) is 28.9 Å². The van der Waals surface area contributed by atoms with Gasteiger partial charge in [0, 0.05) is 9.50 Å². The van der Waals surface area contributed by atoms with Crippen molar-refractivity contribution in [2.45, 2.75) is 0 Å². The van der Waals surface area contributed by atoms with Crippen molar-refractivity contribution in [2.75, 3.05) is 11.1 Å². The number of halogens is 3. The third kappa shape index (κ3) is 3.41. The zero-order valence-electron chi connectivity index (χ0n) is 9.58. The summed E-state index contributed by atoms with van der Waals surface area (Å²) >= 11 is 15.2. The standard InChI is InChI=1S/C13H9BrCl2N2O/c14-7-1-3-9(10(16)5-7)13(19)18-12-6-8(15)2-4-11(12)17/h1-6H,17H2,(H,18,19). The predicted octanol–water partition coefficient (Wildman–Crippen LogP) is 4.59. The van der Waals surface area contributed by atoms with E-state index in [1.807, 2.05) is 0 Å². The maximum Gasteiger partial charge on any atom is 0.257 e. The molecule has 0 aliphatic heterocycles. The zero-order valence-corrected chi connectivity index (χ0v) is 12.7. The van der Waals surface area contributed by atoms with Crippen LogP contribution < -0.4 is 11.1 Å². The van der Waals surface area contributed by atoms with E-state index in [1.54, 1.807) is 36.4 Å². The highest BCUT2D eigenvalue weighted by Crippen LogP contribution is 2.26. The summed E-state index contributed by atoms with van der Waals surface area (Å²) in [6, 6.07) is 9.88. The lowest BCUT2D eigenvalue weighted by Gasteiger charge is -2.09. The summed E-state index contributed by atoms with van der Waals surface area (Å²) in [5.41, 5.74) is 7.02. The molecule has 0 aliphatic carbocycles. The Bertz CT molecular complexity index is 647. The molecule has 0 radical (unpaired) electrons. The lowest BCUT2D eigenvalue weighted by molar-refractivity contribution is 0.102. The van der Waals surface area contributed by atoms with Crippen LogP contribution in [0.2, 0.25) is 10.0 Å². The van der Waals surface area contributed by atoms with Gasteiger partial charge in [0.25, 0.3) is 5.91 Å². The highest BCUT2D eigenvalue weighted by Gasteiger charge is 2.12. The van der Waals surface area contributed by atoms with Crippen LogP contribution in [-0.4, -0.2) is 5.91 Å². The van der Waals surface area contributed by atoms with Crippen LogP contribution in [0, 0.1) is 0 Å². The van der Waals surface area contributed by atoms with E-state index in [0.717, 1.165) is 4.47 Å². The summed E-state index contributed by atoms with van der Waals surface area (Å²) in [5.74, 6) is -0.341. The summed E-state index contributed by atoms with van der Waals surface area (Å²) in [7, 11) is 0. The highest BCUT2D eigenvalue weighted by atomic mass is 79.9. The van der Waals surface area contributed by atoms with Crippen molar-refractivity contribution in [3.8, 4) is 0 Å². The molecule has 0 fully saturated rings. The van der Waals surface area contributed by atoms with E-state index >= 15 is 0 Å². The first-order valence-corrected chi connectivity index (χ1v) is 6.83. The SMILES string of the molecule is Nc1ccc(Cl)cc1NC(=O)c1ccc(Br)cc1Cl. The Labute approximate surface area is 128 Å². The molecule has 19 heavy (non-hydrogen) atoms. The molecule has 0 spiro atoms. The number of amides is 1. The molecule has 2 aromatic carbocycles. The smallest absolute Gasteiger partial charge is 0.257 e. The molecule has 2 aromatic rings. The quantitative estimate of drug-likeness (QED) is 0.770. The van der Waals surface area contributed by atoms with Gasteiger partial charge in [-0.2, -0.15) is 0 Å². The summed E-state index contributed by atoms with van der Waals surface area (Å²) in [6.45, 7) is 0. The monoisotopic (exact) mass is 358 g/mol. The van der Waals surface area contributed by atoms with Crippen LogP contribution in [0.5, 0.6) is 0 Å². The number of hydrogen-bond donors (Lipinski definition) is 2. The van der Waals surface area contributed by atoms with Crippen molar-refractivity contribution in [3.05, 3.63) is 56.5 Å². The van der Waals surface area contributed by atoms with Gasteiger partial charge in [0.2, 0.25) is 0 Å². The van der Waals surface area contributed by atoms with Crippen LogP contribution in [0.25, 0.3) is 0 Å². The molecule has 0 heterocycles. The number of anilines is 2. The highest BCUT2D eigenvalue weighted by molar-refractivity contribution is 9.10. The van der Waals surface area contributed by atoms with Crippen molar-refractivity contribution < 1.29 is 4.79 Å². The fraction of sp³-hybridized carbons (Fsp3) is 0. The van der Waals surface area contributed by atoms with Gasteiger partial charge in [0.1, 0.15) is 0 Å². The number of nitrogens with two attached hydrogens (primary N) is 1. The largest absolute Gasteiger partial charge is 0.397 e. The average Bonchev–Trinajstić information content (AvgIpc) is 2.33. The maximum atomic E-state index is 12.1. The van der Waals surface area contributed by atoms with Crippen LogP contribution in [0.3, 0.4) is 0 Å². The molecule has 0 aliphatic rings. The van der Waals surface area contributed by atoms with Crippen LogP contribution >= 0.6 is 39.1 Å². The minimum absolute atomic E-state index is 0.341. The number of nitrogen functional groups attached to an aromatic ring is 1. The number of rotatable bonds is 2. The van der Waals surface area contributed by atoms with Gasteiger partial charge in [-0.25, -0.2) is 0 Å². The summed E-state index contributed by atoms with van der Waals surface area (Å²) in [4.78, 5) is 12.1. The topological polar surface area (TPSA) is 55.1 Å². The molecule has 0 unspecified atom stereocenters. The molecule has 6 heteroatoms. The summed E-state index contributed by atoms with van der Waals surface area (Å²) in [6.07, 6.45) is 0. The van der Waals surface area contributed by atoms with Gasteiger partial charge in [-0.15, -0.1) is 0 Å². The van der Waals surface area contributed by atoms with Crippen LogP contribution in [-0.2, 0) is 0 Å². The van der Waals surface area contributed by atoms with E-state index in [2.05, 4.69) is 21.2 Å². The summed E-state index contributed by atoms with van der Waals surface area (Å²) in [5, 5.41) is 3.53. The molecular weight excluding hydrogens is 351 g/mol. The Balaban J connectivity index is 2.28. The van der Waals surface area contributed by atoms with E-state index in [-0.39, 0.29) is 5.91 Å². The first-order valence-electron chi connectivity index (χ1n) is 5.29. The Hall–Kier alpha value is -1.23. The third-order valence-corrected chi connectivity index (χ3v) is 3.48. The Morgan fingerprint density at radius 1 is 1.16 bits per heavy atom. The first kappa shape index (κ1) is 14.2. The molecule has 98 valence electrons. The van der Waals surface area contributed by atoms with Gasteiger partial charge in [-0.3, -0.25) is 4.79 Å². The van der Waals surface area contributed by atoms with Crippen molar-refractivity contribution in [3.63, 3.8) is 0 Å². The fourth-order valence-electron chi connectivity index (χ4n) is 1.50. The predicted molar refractivity (Wildman–Crippen MR) is 83.0 cm³/mol. The van der Waals surface area contributed by atoms with Gasteiger partial charge in [-0.1, -0.05) is 39.1 Å². The van der Waals surface area contributed by atoms with Crippen molar-refractivity contribution in [1.29, 1.82) is 0 Å². The molecule has 0 aromatic heterocycles. The maximum absolute atomic E-state index is 12.1. The lowest BCUT2D eigenvalue weighted by Crippen LogP contribution is -2.13. The second-order valence-corrected chi connectivity index (χ2v) is 5.57. The molecule has 0 atom stereocenters. The second kappa shape index (κ2) is 5.82. The van der Waals surface area contributed by atoms with Crippen LogP contribution in [0.15, 0.2) is 40.9 Å². The number of benzene rings is 2. The molecule has 0 saturated heterocycles. The van der Waals surface area contributed by atoms with Gasteiger partial charge in [0.15, 0.2) is 0 Å². The van der Waals surface area contributed by atoms with Gasteiger partial charge in [-0.05, 0) is 36.4 Å². The number of nitrogens with one attached hydrogen (secondary N) is 1. The molecule has 0 saturated carbocycles. The zero-order chi connectivity index (χ0) is 14.0. The van der Waals surface area contributed by atoms with Crippen molar-refractivity contribution in [2.24, 2.45) is 0 Å². The van der Waals surface area contributed by atoms with Crippen LogP contribution in [0.1, 0.15) is 10.4 Å². The minimum atomic E-state index is -0.341. The molecule has 0 bridgehead atoms. The number of carbonyl (C=O) groups is 1. The van der Waals surface area contributed by atoms with E-state index < -0.39 is 0 Å². The third-order valence-electron chi connectivity index (χ3n) is 2.44. The molecular formula is C13H9BrCl2N2O. The Morgan fingerprint density at radius 2 is 1.89 bits per heavy atom. The van der Waals surface area contributed by atoms with Gasteiger partial charge < -0.3 is 11.1 Å². The van der Waals surface area contributed by atoms with Crippen molar-refractivity contribution in [1.82, 2.24) is 0 Å². The van der Waals surface area contributed by atoms with E-state index in [1.165, 1.54) is 0 Å². The van der Waals surface area contributed by atoms with Crippen LogP contribution in [0.4, 0.5) is 11.4 Å². The molecule has 2 rings (SSSR count). The Morgan fingerprint density at radius 3 is 2.58 bits per heavy atom. The van der Waals surface area contributed by atoms with E-state index in [9.17, 15) is 4.79 Å². The minimum Gasteiger partial charge on any atom is -0.397 e. The average molecular weight is 360 g/mol. The summed E-state index contributed by atoms with van der Waals surface area (Å²) < 4.78 is 0.802. The Kier molecular flexibility index (Phi) is 4.34. The number of carbonyl (C=O) groups excluding carboxylic acids is 1. The van der Waals surface area contributed by atoms with Gasteiger partial charge in [0.05, 0.1) is 22.0 Å². The first-order chi connectivity index (χ1) is 8.97. The molecule has 3 N–H and O–H groups in total. The van der Waals surface area contributed by atoms with Crippen molar-refractivity contribution >= 4 is 56.4 Å². The van der Waals surface area contributed by atoms with Gasteiger partial charge >= 0.3 is 0 Å². The molecule has 3 nitrogen and oxygen atoms in total. The second-order valence-electron chi connectivity index (χ2n) is 3.81. The fourth-order valence-corrected chi connectivity index (χ4v) is 2.43. The van der Waals surface area contributed by atoms with E-state index in [0.29, 0.717) is 27.0 Å². The molecule has 1 amide bonds. The lowest BCUT2D eigenvalue weighted by atomic mass is 10.2. The normalized spacial score (nSPS) is 10.3. The number of hydrogen-bond acceptors (Lipinski definition) is 2.